The van der Waals surface area contributed by atoms with Crippen molar-refractivity contribution in [3.05, 3.63) is 48.0 Å². The molecule has 5 heteroatoms. The van der Waals surface area contributed by atoms with Gasteiger partial charge in [-0.3, -0.25) is 10.2 Å². The molecule has 5 nitrogen and oxygen atoms in total. The summed E-state index contributed by atoms with van der Waals surface area (Å²) in [7, 11) is 0. The number of hydrazine groups is 1. The maximum Gasteiger partial charge on any atom is 0.233 e. The van der Waals surface area contributed by atoms with Crippen molar-refractivity contribution < 1.29 is 9.90 Å². The number of nitrogens with two attached hydrogens (primary N) is 1. The van der Waals surface area contributed by atoms with Gasteiger partial charge >= 0.3 is 0 Å². The maximum absolute atomic E-state index is 11.2. The second-order valence-corrected chi connectivity index (χ2v) is 6.57. The van der Waals surface area contributed by atoms with Gasteiger partial charge in [0, 0.05) is 19.5 Å². The molecule has 1 amide bonds. The largest absolute Gasteiger partial charge is 0.385 e. The average Bonchev–Trinajstić information content (AvgIpc) is 2.63. The number of hydrogen-bond acceptors (Lipinski definition) is 4. The number of nitrogens with one attached hydrogen (secondary N) is 1. The molecule has 2 aromatic carbocycles. The summed E-state index contributed by atoms with van der Waals surface area (Å²) in [5, 5.41) is 13.5. The van der Waals surface area contributed by atoms with Crippen LogP contribution in [0, 0.1) is 0 Å². The Balaban J connectivity index is 1.65. The van der Waals surface area contributed by atoms with Crippen molar-refractivity contribution in [2.75, 3.05) is 19.6 Å². The van der Waals surface area contributed by atoms with Crippen LogP contribution in [0.1, 0.15) is 31.2 Å². The first-order chi connectivity index (χ1) is 11.6. The standard InChI is InChI=1S/C19H25N3O2/c20-21-18(23)9-4-12-22-13-10-19(24,11-14-22)17-8-3-6-15-5-1-2-7-16(15)17/h1-3,5-8,24H,4,9-14,20H2,(H,21,23). The molecular formula is C19H25N3O2. The lowest BCUT2D eigenvalue weighted by Gasteiger charge is -2.39. The molecule has 1 saturated heterocycles. The van der Waals surface area contributed by atoms with Crippen LogP contribution in [0.25, 0.3) is 10.8 Å². The van der Waals surface area contributed by atoms with Crippen molar-refractivity contribution in [1.29, 1.82) is 0 Å². The summed E-state index contributed by atoms with van der Waals surface area (Å²) >= 11 is 0. The second kappa shape index (κ2) is 7.30. The molecule has 2 aromatic rings. The minimum atomic E-state index is -0.772. The second-order valence-electron chi connectivity index (χ2n) is 6.57. The Hall–Kier alpha value is -1.95. The Morgan fingerprint density at radius 1 is 1.17 bits per heavy atom. The minimum absolute atomic E-state index is 0.126. The van der Waals surface area contributed by atoms with Crippen LogP contribution in [0.4, 0.5) is 0 Å². The van der Waals surface area contributed by atoms with E-state index in [1.54, 1.807) is 0 Å². The Labute approximate surface area is 142 Å². The first-order valence-electron chi connectivity index (χ1n) is 8.55. The fraction of sp³-hybridized carbons (Fsp3) is 0.421. The van der Waals surface area contributed by atoms with Crippen LogP contribution in [0.15, 0.2) is 42.5 Å². The number of rotatable bonds is 5. The highest BCUT2D eigenvalue weighted by Gasteiger charge is 2.34. The Kier molecular flexibility index (Phi) is 5.14. The van der Waals surface area contributed by atoms with Crippen LogP contribution < -0.4 is 11.3 Å². The van der Waals surface area contributed by atoms with E-state index >= 15 is 0 Å². The summed E-state index contributed by atoms with van der Waals surface area (Å²) in [5.41, 5.74) is 2.42. The number of nitrogens with zero attached hydrogens (tertiary/aromatic N) is 1. The van der Waals surface area contributed by atoms with Gasteiger partial charge in [0.25, 0.3) is 0 Å². The fourth-order valence-electron chi connectivity index (χ4n) is 3.58. The monoisotopic (exact) mass is 327 g/mol. The van der Waals surface area contributed by atoms with Crippen LogP contribution in [-0.4, -0.2) is 35.5 Å². The number of aliphatic hydroxyl groups is 1. The molecule has 0 unspecified atom stereocenters. The molecule has 0 spiro atoms. The summed E-state index contributed by atoms with van der Waals surface area (Å²) < 4.78 is 0. The smallest absolute Gasteiger partial charge is 0.233 e. The number of carbonyl (C=O) groups is 1. The van der Waals surface area contributed by atoms with Gasteiger partial charge in [0.1, 0.15) is 0 Å². The Morgan fingerprint density at radius 3 is 2.62 bits per heavy atom. The van der Waals surface area contributed by atoms with Crippen molar-refractivity contribution in [2.45, 2.75) is 31.3 Å². The topological polar surface area (TPSA) is 78.6 Å². The molecule has 0 bridgehead atoms. The number of carbonyl (C=O) groups excluding carboxylic acids is 1. The lowest BCUT2D eigenvalue weighted by atomic mass is 9.82. The lowest BCUT2D eigenvalue weighted by Crippen LogP contribution is -2.43. The molecule has 0 aliphatic carbocycles. The summed E-state index contributed by atoms with van der Waals surface area (Å²) in [5.74, 6) is 4.96. The highest BCUT2D eigenvalue weighted by molar-refractivity contribution is 5.86. The molecule has 128 valence electrons. The molecule has 1 heterocycles. The third-order valence-electron chi connectivity index (χ3n) is 5.01. The van der Waals surface area contributed by atoms with Crippen molar-refractivity contribution in [2.24, 2.45) is 5.84 Å². The zero-order valence-corrected chi connectivity index (χ0v) is 13.9. The van der Waals surface area contributed by atoms with Crippen molar-refractivity contribution in [3.8, 4) is 0 Å². The van der Waals surface area contributed by atoms with E-state index in [1.165, 1.54) is 5.39 Å². The Bertz CT molecular complexity index is 703. The molecule has 4 N–H and O–H groups in total. The molecule has 0 radical (unpaired) electrons. The summed E-state index contributed by atoms with van der Waals surface area (Å²) in [6, 6.07) is 14.4. The van der Waals surface area contributed by atoms with Gasteiger partial charge in [-0.2, -0.15) is 0 Å². The SMILES string of the molecule is NNC(=O)CCCN1CCC(O)(c2cccc3ccccc23)CC1. The quantitative estimate of drug-likeness (QED) is 0.445. The highest BCUT2D eigenvalue weighted by atomic mass is 16.3. The van der Waals surface area contributed by atoms with E-state index in [2.05, 4.69) is 28.5 Å². The van der Waals surface area contributed by atoms with Gasteiger partial charge in [0.15, 0.2) is 0 Å². The average molecular weight is 327 g/mol. The predicted molar refractivity (Wildman–Crippen MR) is 95.1 cm³/mol. The van der Waals surface area contributed by atoms with Gasteiger partial charge in [0.2, 0.25) is 5.91 Å². The minimum Gasteiger partial charge on any atom is -0.385 e. The van der Waals surface area contributed by atoms with Crippen LogP contribution >= 0.6 is 0 Å². The van der Waals surface area contributed by atoms with Gasteiger partial charge < -0.3 is 10.0 Å². The lowest BCUT2D eigenvalue weighted by molar-refractivity contribution is -0.121. The molecule has 0 atom stereocenters. The van der Waals surface area contributed by atoms with E-state index in [0.717, 1.165) is 37.0 Å². The predicted octanol–water partition coefficient (Wildman–Crippen LogP) is 1.89. The van der Waals surface area contributed by atoms with Crippen LogP contribution in [-0.2, 0) is 10.4 Å². The molecule has 0 saturated carbocycles. The van der Waals surface area contributed by atoms with Gasteiger partial charge in [-0.05, 0) is 42.1 Å². The van der Waals surface area contributed by atoms with E-state index in [1.807, 2.05) is 24.3 Å². The van der Waals surface area contributed by atoms with E-state index in [0.29, 0.717) is 19.3 Å². The van der Waals surface area contributed by atoms with Gasteiger partial charge in [-0.15, -0.1) is 0 Å². The molecular weight excluding hydrogens is 302 g/mol. The number of fused-ring (bicyclic) bond motifs is 1. The number of hydrogen-bond donors (Lipinski definition) is 3. The van der Waals surface area contributed by atoms with Gasteiger partial charge in [0.05, 0.1) is 5.60 Å². The number of likely N-dealkylation sites (tertiary alicyclic amines) is 1. The van der Waals surface area contributed by atoms with Crippen LogP contribution in [0.3, 0.4) is 0 Å². The van der Waals surface area contributed by atoms with Crippen molar-refractivity contribution in [1.82, 2.24) is 10.3 Å². The number of piperidine rings is 1. The van der Waals surface area contributed by atoms with Gasteiger partial charge in [-0.25, -0.2) is 5.84 Å². The Morgan fingerprint density at radius 2 is 1.88 bits per heavy atom. The molecule has 1 aliphatic heterocycles. The first kappa shape index (κ1) is 16.9. The normalized spacial score (nSPS) is 17.8. The maximum atomic E-state index is 11.2. The van der Waals surface area contributed by atoms with Crippen molar-refractivity contribution in [3.63, 3.8) is 0 Å². The number of benzene rings is 2. The third kappa shape index (κ3) is 3.59. The summed E-state index contributed by atoms with van der Waals surface area (Å²) in [4.78, 5) is 13.5. The molecule has 0 aromatic heterocycles. The molecule has 1 fully saturated rings. The number of amides is 1. The zero-order chi connectivity index (χ0) is 17.0. The van der Waals surface area contributed by atoms with E-state index in [4.69, 9.17) is 5.84 Å². The summed E-state index contributed by atoms with van der Waals surface area (Å²) in [6.45, 7) is 2.53. The van der Waals surface area contributed by atoms with E-state index in [-0.39, 0.29) is 5.91 Å². The van der Waals surface area contributed by atoms with Crippen LogP contribution in [0.2, 0.25) is 0 Å². The fourth-order valence-corrected chi connectivity index (χ4v) is 3.58. The highest BCUT2D eigenvalue weighted by Crippen LogP contribution is 2.36. The summed E-state index contributed by atoms with van der Waals surface area (Å²) in [6.07, 6.45) is 2.66. The zero-order valence-electron chi connectivity index (χ0n) is 13.9. The van der Waals surface area contributed by atoms with Crippen LogP contribution in [0.5, 0.6) is 0 Å². The first-order valence-corrected chi connectivity index (χ1v) is 8.55. The van der Waals surface area contributed by atoms with Gasteiger partial charge in [-0.1, -0.05) is 42.5 Å². The van der Waals surface area contributed by atoms with Crippen molar-refractivity contribution >= 4 is 16.7 Å². The molecule has 24 heavy (non-hydrogen) atoms. The molecule has 3 rings (SSSR count). The van der Waals surface area contributed by atoms with E-state index < -0.39 is 5.60 Å². The third-order valence-corrected chi connectivity index (χ3v) is 5.01. The molecule has 1 aliphatic rings. The van der Waals surface area contributed by atoms with E-state index in [9.17, 15) is 9.90 Å².